The Kier molecular flexibility index (Phi) is 5.81. The van der Waals surface area contributed by atoms with Crippen molar-refractivity contribution in [3.8, 4) is 0 Å². The Morgan fingerprint density at radius 3 is 2.68 bits per heavy atom. The van der Waals surface area contributed by atoms with E-state index in [0.717, 1.165) is 0 Å². The molecule has 0 spiro atoms. The van der Waals surface area contributed by atoms with E-state index in [9.17, 15) is 9.59 Å². The Morgan fingerprint density at radius 1 is 1.42 bits per heavy atom. The van der Waals surface area contributed by atoms with Gasteiger partial charge in [0.15, 0.2) is 6.04 Å². The summed E-state index contributed by atoms with van der Waals surface area (Å²) in [7, 11) is 0. The molecule has 0 saturated heterocycles. The van der Waals surface area contributed by atoms with Gasteiger partial charge in [-0.15, -0.1) is 0 Å². The standard InChI is InChI=1S/C13H18N2O4/c1-2-7-19-13(18)11(8-16)15-12(17)9-5-3-4-6-10(9)14/h3-6,11,16H,2,7-8,14H2,1H3,(H,15,17)/t11-/m0/s1. The second-order valence-corrected chi connectivity index (χ2v) is 3.96. The SMILES string of the molecule is CCCOC(=O)[C@H](CO)NC(=O)c1ccccc1N. The van der Waals surface area contributed by atoms with Crippen LogP contribution in [-0.4, -0.2) is 36.2 Å². The van der Waals surface area contributed by atoms with Crippen molar-refractivity contribution in [3.05, 3.63) is 29.8 Å². The van der Waals surface area contributed by atoms with Gasteiger partial charge in [0.1, 0.15) is 0 Å². The molecule has 1 amide bonds. The third-order valence-electron chi connectivity index (χ3n) is 2.43. The molecule has 0 aliphatic carbocycles. The summed E-state index contributed by atoms with van der Waals surface area (Å²) in [4.78, 5) is 23.5. The first-order valence-corrected chi connectivity index (χ1v) is 6.03. The molecular formula is C13H18N2O4. The number of nitrogens with two attached hydrogens (primary N) is 1. The molecule has 0 aliphatic rings. The number of ether oxygens (including phenoxy) is 1. The molecule has 0 fully saturated rings. The van der Waals surface area contributed by atoms with Gasteiger partial charge in [0.25, 0.3) is 5.91 Å². The highest BCUT2D eigenvalue weighted by atomic mass is 16.5. The quantitative estimate of drug-likeness (QED) is 0.508. The topological polar surface area (TPSA) is 102 Å². The highest BCUT2D eigenvalue weighted by molar-refractivity contribution is 6.00. The van der Waals surface area contributed by atoms with E-state index in [-0.39, 0.29) is 12.2 Å². The molecule has 0 aliphatic heterocycles. The van der Waals surface area contributed by atoms with Gasteiger partial charge in [-0.2, -0.15) is 0 Å². The van der Waals surface area contributed by atoms with Crippen molar-refractivity contribution in [3.63, 3.8) is 0 Å². The average molecular weight is 266 g/mol. The number of hydrogen-bond donors (Lipinski definition) is 3. The van der Waals surface area contributed by atoms with Crippen LogP contribution in [0.1, 0.15) is 23.7 Å². The highest BCUT2D eigenvalue weighted by Crippen LogP contribution is 2.10. The van der Waals surface area contributed by atoms with E-state index < -0.39 is 24.5 Å². The first-order valence-electron chi connectivity index (χ1n) is 6.03. The van der Waals surface area contributed by atoms with Gasteiger partial charge in [0.05, 0.1) is 18.8 Å². The van der Waals surface area contributed by atoms with Gasteiger partial charge in [-0.3, -0.25) is 4.79 Å². The predicted octanol–water partition coefficient (Wildman–Crippen LogP) is 0.313. The Bertz CT molecular complexity index is 448. The van der Waals surface area contributed by atoms with Crippen LogP contribution < -0.4 is 11.1 Å². The summed E-state index contributed by atoms with van der Waals surface area (Å²) in [6, 6.07) is 5.40. The maximum atomic E-state index is 11.9. The molecule has 0 unspecified atom stereocenters. The minimum absolute atomic E-state index is 0.249. The predicted molar refractivity (Wildman–Crippen MR) is 70.4 cm³/mol. The summed E-state index contributed by atoms with van der Waals surface area (Å²) in [5.41, 5.74) is 6.21. The van der Waals surface area contributed by atoms with E-state index >= 15 is 0 Å². The first-order chi connectivity index (χ1) is 9.10. The average Bonchev–Trinajstić information content (AvgIpc) is 2.42. The summed E-state index contributed by atoms with van der Waals surface area (Å²) < 4.78 is 4.87. The first kappa shape index (κ1) is 15.0. The van der Waals surface area contributed by atoms with E-state index in [4.69, 9.17) is 15.6 Å². The summed E-state index contributed by atoms with van der Waals surface area (Å²) in [5, 5.41) is 11.5. The van der Waals surface area contributed by atoms with Crippen molar-refractivity contribution in [1.29, 1.82) is 0 Å². The van der Waals surface area contributed by atoms with Crippen LogP contribution in [-0.2, 0) is 9.53 Å². The lowest BCUT2D eigenvalue weighted by atomic mass is 10.1. The number of rotatable bonds is 6. The monoisotopic (exact) mass is 266 g/mol. The molecule has 6 heteroatoms. The molecule has 1 atom stereocenters. The Hall–Kier alpha value is -2.08. The largest absolute Gasteiger partial charge is 0.464 e. The maximum Gasteiger partial charge on any atom is 0.331 e. The minimum Gasteiger partial charge on any atom is -0.464 e. The molecular weight excluding hydrogens is 248 g/mol. The molecule has 1 aromatic carbocycles. The van der Waals surface area contributed by atoms with Crippen molar-refractivity contribution < 1.29 is 19.4 Å². The lowest BCUT2D eigenvalue weighted by Gasteiger charge is -2.15. The number of nitrogen functional groups attached to an aromatic ring is 1. The fourth-order valence-corrected chi connectivity index (χ4v) is 1.42. The number of benzene rings is 1. The fraction of sp³-hybridized carbons (Fsp3) is 0.385. The third kappa shape index (κ3) is 4.26. The van der Waals surface area contributed by atoms with Gasteiger partial charge in [-0.25, -0.2) is 4.79 Å². The number of hydrogen-bond acceptors (Lipinski definition) is 5. The second-order valence-electron chi connectivity index (χ2n) is 3.96. The normalized spacial score (nSPS) is 11.7. The Labute approximate surface area is 111 Å². The van der Waals surface area contributed by atoms with Crippen molar-refractivity contribution in [2.24, 2.45) is 0 Å². The van der Waals surface area contributed by atoms with Crippen molar-refractivity contribution in [1.82, 2.24) is 5.32 Å². The van der Waals surface area contributed by atoms with Crippen LogP contribution in [0.4, 0.5) is 5.69 Å². The number of para-hydroxylation sites is 1. The molecule has 104 valence electrons. The van der Waals surface area contributed by atoms with E-state index in [1.165, 1.54) is 6.07 Å². The van der Waals surface area contributed by atoms with Crippen LogP contribution in [0.3, 0.4) is 0 Å². The zero-order valence-electron chi connectivity index (χ0n) is 10.8. The smallest absolute Gasteiger partial charge is 0.331 e. The Balaban J connectivity index is 2.68. The van der Waals surface area contributed by atoms with E-state index in [1.54, 1.807) is 18.2 Å². The number of carbonyl (C=O) groups excluding carboxylic acids is 2. The zero-order valence-corrected chi connectivity index (χ0v) is 10.8. The summed E-state index contributed by atoms with van der Waals surface area (Å²) in [6.45, 7) is 1.57. The molecule has 0 aromatic heterocycles. The molecule has 0 radical (unpaired) electrons. The number of anilines is 1. The molecule has 19 heavy (non-hydrogen) atoms. The van der Waals surface area contributed by atoms with Crippen LogP contribution >= 0.6 is 0 Å². The van der Waals surface area contributed by atoms with Crippen LogP contribution in [0.25, 0.3) is 0 Å². The molecule has 0 bridgehead atoms. The molecule has 1 rings (SSSR count). The Morgan fingerprint density at radius 2 is 2.11 bits per heavy atom. The molecule has 6 nitrogen and oxygen atoms in total. The van der Waals surface area contributed by atoms with Gasteiger partial charge in [-0.05, 0) is 18.6 Å². The van der Waals surface area contributed by atoms with E-state index in [1.807, 2.05) is 6.92 Å². The molecule has 1 aromatic rings. The van der Waals surface area contributed by atoms with Gasteiger partial charge < -0.3 is 20.9 Å². The molecule has 0 saturated carbocycles. The second kappa shape index (κ2) is 7.38. The van der Waals surface area contributed by atoms with Crippen molar-refractivity contribution >= 4 is 17.6 Å². The number of amides is 1. The number of aliphatic hydroxyl groups excluding tert-OH is 1. The summed E-state index contributed by atoms with van der Waals surface area (Å²) in [5.74, 6) is -1.18. The van der Waals surface area contributed by atoms with Gasteiger partial charge >= 0.3 is 5.97 Å². The van der Waals surface area contributed by atoms with Crippen LogP contribution in [0.15, 0.2) is 24.3 Å². The van der Waals surface area contributed by atoms with Crippen LogP contribution in [0.2, 0.25) is 0 Å². The summed E-state index contributed by atoms with van der Waals surface area (Å²) >= 11 is 0. The van der Waals surface area contributed by atoms with Gasteiger partial charge in [-0.1, -0.05) is 19.1 Å². The lowest BCUT2D eigenvalue weighted by molar-refractivity contribution is -0.146. The third-order valence-corrected chi connectivity index (χ3v) is 2.43. The molecule has 0 heterocycles. The maximum absolute atomic E-state index is 11.9. The van der Waals surface area contributed by atoms with Gasteiger partial charge in [0.2, 0.25) is 0 Å². The number of nitrogens with one attached hydrogen (secondary N) is 1. The number of esters is 1. The van der Waals surface area contributed by atoms with Gasteiger partial charge in [0, 0.05) is 5.69 Å². The van der Waals surface area contributed by atoms with E-state index in [2.05, 4.69) is 5.32 Å². The van der Waals surface area contributed by atoms with Crippen molar-refractivity contribution in [2.75, 3.05) is 18.9 Å². The summed E-state index contributed by atoms with van der Waals surface area (Å²) in [6.07, 6.45) is 0.670. The van der Waals surface area contributed by atoms with Crippen LogP contribution in [0.5, 0.6) is 0 Å². The zero-order chi connectivity index (χ0) is 14.3. The van der Waals surface area contributed by atoms with E-state index in [0.29, 0.717) is 12.1 Å². The highest BCUT2D eigenvalue weighted by Gasteiger charge is 2.22. The lowest BCUT2D eigenvalue weighted by Crippen LogP contribution is -2.44. The number of aliphatic hydroxyl groups is 1. The molecule has 4 N–H and O–H groups in total. The minimum atomic E-state index is -1.08. The fourth-order valence-electron chi connectivity index (χ4n) is 1.42. The number of carbonyl (C=O) groups is 2. The van der Waals surface area contributed by atoms with Crippen molar-refractivity contribution in [2.45, 2.75) is 19.4 Å². The van der Waals surface area contributed by atoms with Crippen LogP contribution in [0, 0.1) is 0 Å².